The Morgan fingerprint density at radius 2 is 2.03 bits per heavy atom. The fourth-order valence-corrected chi connectivity index (χ4v) is 6.28. The Kier molecular flexibility index (Phi) is 5.33. The topological polar surface area (TPSA) is 46.5 Å². The minimum absolute atomic E-state index is 0.0486. The van der Waals surface area contributed by atoms with Crippen LogP contribution in [0.5, 0.6) is 0 Å². The fourth-order valence-electron chi connectivity index (χ4n) is 6.11. The largest absolute Gasteiger partial charge is 0.354 e. The van der Waals surface area contributed by atoms with Crippen molar-refractivity contribution in [3.8, 4) is 0 Å². The molecule has 2 aromatic carbocycles. The molecule has 0 amide bonds. The van der Waals surface area contributed by atoms with Gasteiger partial charge in [0.05, 0.1) is 11.1 Å². The lowest BCUT2D eigenvalue weighted by Gasteiger charge is -2.34. The first-order valence-corrected chi connectivity index (χ1v) is 12.4. The minimum atomic E-state index is -0.563. The Hall–Kier alpha value is -2.18. The summed E-state index contributed by atoms with van der Waals surface area (Å²) in [5.41, 5.74) is 3.61. The van der Waals surface area contributed by atoms with Crippen molar-refractivity contribution in [2.24, 2.45) is 5.92 Å². The van der Waals surface area contributed by atoms with Crippen LogP contribution in [0.2, 0.25) is 5.02 Å². The Labute approximate surface area is 199 Å². The Morgan fingerprint density at radius 3 is 2.82 bits per heavy atom. The Morgan fingerprint density at radius 1 is 1.21 bits per heavy atom. The molecule has 0 aliphatic carbocycles. The number of carbonyl (C=O) groups is 1. The quantitative estimate of drug-likeness (QED) is 0.566. The lowest BCUT2D eigenvalue weighted by Crippen LogP contribution is -2.40. The number of piperidine rings is 1. The molecule has 172 valence electrons. The van der Waals surface area contributed by atoms with Crippen LogP contribution >= 0.6 is 11.6 Å². The average Bonchev–Trinajstić information content (AvgIpc) is 3.49. The summed E-state index contributed by atoms with van der Waals surface area (Å²) in [4.78, 5) is 16.4. The number of nitrogens with one attached hydrogen (secondary N) is 1. The second kappa shape index (κ2) is 8.24. The van der Waals surface area contributed by atoms with Crippen LogP contribution in [-0.4, -0.2) is 48.5 Å². The number of hydrogen-bond donors (Lipinski definition) is 1. The van der Waals surface area contributed by atoms with Crippen molar-refractivity contribution in [3.63, 3.8) is 0 Å². The van der Waals surface area contributed by atoms with Gasteiger partial charge in [0.1, 0.15) is 6.10 Å². The van der Waals surface area contributed by atoms with Crippen molar-refractivity contribution in [2.45, 2.75) is 37.5 Å². The summed E-state index contributed by atoms with van der Waals surface area (Å²) in [5, 5.41) is 5.08. The van der Waals surface area contributed by atoms with Gasteiger partial charge in [-0.1, -0.05) is 41.9 Å². The molecule has 6 heteroatoms. The molecule has 2 atom stereocenters. The van der Waals surface area contributed by atoms with Crippen LogP contribution in [-0.2, 0) is 16.9 Å². The van der Waals surface area contributed by atoms with Crippen LogP contribution in [0, 0.1) is 5.92 Å². The molecule has 4 heterocycles. The van der Waals surface area contributed by atoms with E-state index < -0.39 is 6.10 Å². The van der Waals surface area contributed by atoms with E-state index in [4.69, 9.17) is 16.3 Å². The molecule has 0 radical (unpaired) electrons. The third-order valence-corrected chi connectivity index (χ3v) is 8.02. The zero-order valence-electron chi connectivity index (χ0n) is 19.0. The molecule has 1 N–H and O–H groups in total. The van der Waals surface area contributed by atoms with E-state index in [1.165, 1.54) is 12.0 Å². The molecule has 33 heavy (non-hydrogen) atoms. The molecule has 3 aromatic rings. The van der Waals surface area contributed by atoms with Crippen molar-refractivity contribution in [2.75, 3.05) is 33.2 Å². The van der Waals surface area contributed by atoms with Gasteiger partial charge >= 0.3 is 0 Å². The lowest BCUT2D eigenvalue weighted by molar-refractivity contribution is -0.0805. The first kappa shape index (κ1) is 21.4. The van der Waals surface area contributed by atoms with Gasteiger partial charge in [-0.25, -0.2) is 0 Å². The van der Waals surface area contributed by atoms with Crippen molar-refractivity contribution < 1.29 is 9.53 Å². The number of nitrogens with zero attached hydrogens (tertiary/aromatic N) is 2. The van der Waals surface area contributed by atoms with E-state index in [0.29, 0.717) is 10.9 Å². The van der Waals surface area contributed by atoms with Gasteiger partial charge in [-0.3, -0.25) is 4.79 Å². The molecular weight excluding hydrogens is 434 g/mol. The molecule has 5 nitrogen and oxygen atoms in total. The maximum absolute atomic E-state index is 14.0. The summed E-state index contributed by atoms with van der Waals surface area (Å²) >= 11 is 6.37. The summed E-state index contributed by atoms with van der Waals surface area (Å²) in [6.07, 6.45) is 4.43. The number of Topliss-reactive ketones (excluding diaryl/α,β-unsaturated/α-hetero) is 1. The number of ether oxygens (including phenoxy) is 1. The van der Waals surface area contributed by atoms with Gasteiger partial charge in [0.2, 0.25) is 0 Å². The second-order valence-corrected chi connectivity index (χ2v) is 10.4. The van der Waals surface area contributed by atoms with Gasteiger partial charge in [-0.05, 0) is 75.1 Å². The van der Waals surface area contributed by atoms with Crippen LogP contribution in [0.3, 0.4) is 0 Å². The molecule has 2 fully saturated rings. The predicted octanol–water partition coefficient (Wildman–Crippen LogP) is 4.78. The summed E-state index contributed by atoms with van der Waals surface area (Å²) in [5.74, 6) is 0.626. The highest BCUT2D eigenvalue weighted by molar-refractivity contribution is 6.31. The first-order valence-electron chi connectivity index (χ1n) is 12.0. The van der Waals surface area contributed by atoms with Crippen LogP contribution in [0.1, 0.15) is 46.9 Å². The highest BCUT2D eigenvalue weighted by Gasteiger charge is 2.48. The zero-order chi connectivity index (χ0) is 22.6. The Bertz CT molecular complexity index is 1210. The number of halogens is 1. The number of fused-ring (bicyclic) bond motifs is 3. The highest BCUT2D eigenvalue weighted by atomic mass is 35.5. The monoisotopic (exact) mass is 463 g/mol. The van der Waals surface area contributed by atoms with E-state index in [9.17, 15) is 4.79 Å². The molecule has 1 aromatic heterocycles. The number of ketones is 1. The standard InChI is InChI=1S/C27H30ClN3O2/c1-30-13-8-18(15-30)16-31-17-22(20-7-6-19(28)14-24(20)31)25(32)26-21-4-2-3-5-23(21)27(33-26)9-11-29-12-10-27/h2-7,14,17-18,26,29H,8-13,15-16H2,1H3/t18?,26-/m1/s1. The summed E-state index contributed by atoms with van der Waals surface area (Å²) in [7, 11) is 2.17. The Balaban J connectivity index is 1.39. The summed E-state index contributed by atoms with van der Waals surface area (Å²) < 4.78 is 8.91. The molecule has 0 saturated carbocycles. The van der Waals surface area contributed by atoms with Crippen molar-refractivity contribution >= 4 is 28.3 Å². The molecule has 1 unspecified atom stereocenters. The minimum Gasteiger partial charge on any atom is -0.354 e. The molecule has 1 spiro atoms. The second-order valence-electron chi connectivity index (χ2n) is 9.97. The van der Waals surface area contributed by atoms with E-state index in [0.717, 1.165) is 67.6 Å². The third kappa shape index (κ3) is 3.62. The SMILES string of the molecule is CN1CCC(Cn2cc(C(=O)[C@@H]3OC4(CCNCC4)c4ccccc43)c3ccc(Cl)cc32)C1. The normalized spacial score (nSPS) is 24.5. The molecular formula is C27H30ClN3O2. The van der Waals surface area contributed by atoms with Crippen molar-refractivity contribution in [1.29, 1.82) is 0 Å². The molecule has 0 bridgehead atoms. The zero-order valence-corrected chi connectivity index (χ0v) is 19.8. The van der Waals surface area contributed by atoms with Crippen LogP contribution in [0.4, 0.5) is 0 Å². The molecule has 2 saturated heterocycles. The van der Waals surface area contributed by atoms with Gasteiger partial charge in [-0.2, -0.15) is 0 Å². The van der Waals surface area contributed by atoms with Crippen molar-refractivity contribution in [3.05, 3.63) is 70.4 Å². The number of carbonyl (C=O) groups excluding carboxylic acids is 1. The smallest absolute Gasteiger partial charge is 0.198 e. The number of rotatable bonds is 4. The maximum atomic E-state index is 14.0. The summed E-state index contributed by atoms with van der Waals surface area (Å²) in [6, 6.07) is 14.2. The van der Waals surface area contributed by atoms with Crippen LogP contribution < -0.4 is 5.32 Å². The van der Waals surface area contributed by atoms with E-state index >= 15 is 0 Å². The van der Waals surface area contributed by atoms with Crippen molar-refractivity contribution in [1.82, 2.24) is 14.8 Å². The number of hydrogen-bond acceptors (Lipinski definition) is 4. The van der Waals surface area contributed by atoms with Gasteiger partial charge in [0, 0.05) is 35.3 Å². The van der Waals surface area contributed by atoms with E-state index in [2.05, 4.69) is 40.0 Å². The van der Waals surface area contributed by atoms with E-state index in [-0.39, 0.29) is 11.4 Å². The number of likely N-dealkylation sites (tertiary alicyclic amines) is 1. The highest BCUT2D eigenvalue weighted by Crippen LogP contribution is 2.49. The molecule has 3 aliphatic heterocycles. The van der Waals surface area contributed by atoms with Gasteiger partial charge in [-0.15, -0.1) is 0 Å². The summed E-state index contributed by atoms with van der Waals surface area (Å²) in [6.45, 7) is 4.91. The van der Waals surface area contributed by atoms with Crippen LogP contribution in [0.25, 0.3) is 10.9 Å². The van der Waals surface area contributed by atoms with Gasteiger partial charge < -0.3 is 19.5 Å². The fraction of sp³-hybridized carbons (Fsp3) is 0.444. The average molecular weight is 464 g/mol. The van der Waals surface area contributed by atoms with Gasteiger partial charge in [0.25, 0.3) is 0 Å². The number of aromatic nitrogens is 1. The predicted molar refractivity (Wildman–Crippen MR) is 131 cm³/mol. The molecule has 3 aliphatic rings. The lowest BCUT2D eigenvalue weighted by atomic mass is 9.84. The third-order valence-electron chi connectivity index (χ3n) is 7.78. The molecule has 6 rings (SSSR count). The van der Waals surface area contributed by atoms with E-state index in [1.807, 2.05) is 30.5 Å². The van der Waals surface area contributed by atoms with Crippen LogP contribution in [0.15, 0.2) is 48.7 Å². The number of benzene rings is 2. The first-order chi connectivity index (χ1) is 16.0. The van der Waals surface area contributed by atoms with Gasteiger partial charge in [0.15, 0.2) is 5.78 Å². The maximum Gasteiger partial charge on any atom is 0.198 e. The van der Waals surface area contributed by atoms with E-state index in [1.54, 1.807) is 0 Å².